The van der Waals surface area contributed by atoms with Gasteiger partial charge in [0.1, 0.15) is 0 Å². The van der Waals surface area contributed by atoms with Crippen molar-refractivity contribution in [2.45, 2.75) is 13.0 Å². The first-order valence-corrected chi connectivity index (χ1v) is 6.83. The molecule has 1 amide bonds. The predicted octanol–water partition coefficient (Wildman–Crippen LogP) is 1.17. The predicted molar refractivity (Wildman–Crippen MR) is 76.9 cm³/mol. The van der Waals surface area contributed by atoms with Gasteiger partial charge in [-0.05, 0) is 43.6 Å². The molecule has 0 radical (unpaired) electrons. The quantitative estimate of drug-likeness (QED) is 0.885. The van der Waals surface area contributed by atoms with Crippen LogP contribution in [-0.4, -0.2) is 49.4 Å². The SMILES string of the molecule is CN1CCC(CN(C)C(=O)c2cccc(CN)c2)C1. The van der Waals surface area contributed by atoms with Crippen molar-refractivity contribution in [2.24, 2.45) is 11.7 Å². The van der Waals surface area contributed by atoms with Gasteiger partial charge in [0.15, 0.2) is 0 Å². The molecule has 4 heteroatoms. The van der Waals surface area contributed by atoms with Crippen LogP contribution in [0.3, 0.4) is 0 Å². The van der Waals surface area contributed by atoms with Crippen molar-refractivity contribution in [3.63, 3.8) is 0 Å². The van der Waals surface area contributed by atoms with E-state index in [0.29, 0.717) is 12.5 Å². The van der Waals surface area contributed by atoms with Crippen LogP contribution in [0.2, 0.25) is 0 Å². The maximum absolute atomic E-state index is 12.4. The van der Waals surface area contributed by atoms with E-state index in [1.54, 1.807) is 0 Å². The number of amides is 1. The molecule has 0 saturated carbocycles. The van der Waals surface area contributed by atoms with E-state index in [1.165, 1.54) is 6.42 Å². The molecule has 1 fully saturated rings. The smallest absolute Gasteiger partial charge is 0.253 e. The highest BCUT2D eigenvalue weighted by atomic mass is 16.2. The number of carbonyl (C=O) groups is 1. The monoisotopic (exact) mass is 261 g/mol. The van der Waals surface area contributed by atoms with E-state index in [4.69, 9.17) is 5.73 Å². The molecule has 1 unspecified atom stereocenters. The highest BCUT2D eigenvalue weighted by Gasteiger charge is 2.23. The molecule has 4 nitrogen and oxygen atoms in total. The highest BCUT2D eigenvalue weighted by molar-refractivity contribution is 5.94. The van der Waals surface area contributed by atoms with Crippen LogP contribution < -0.4 is 5.73 Å². The first kappa shape index (κ1) is 14.0. The van der Waals surface area contributed by atoms with Gasteiger partial charge in [-0.3, -0.25) is 4.79 Å². The van der Waals surface area contributed by atoms with Gasteiger partial charge in [-0.25, -0.2) is 0 Å². The summed E-state index contributed by atoms with van der Waals surface area (Å²) in [7, 11) is 4.02. The topological polar surface area (TPSA) is 49.6 Å². The average Bonchev–Trinajstić information content (AvgIpc) is 2.83. The van der Waals surface area contributed by atoms with Gasteiger partial charge < -0.3 is 15.5 Å². The first-order valence-electron chi connectivity index (χ1n) is 6.83. The molecule has 1 aliphatic heterocycles. The summed E-state index contributed by atoms with van der Waals surface area (Å²) in [6.07, 6.45) is 1.18. The number of carbonyl (C=O) groups excluding carboxylic acids is 1. The fourth-order valence-electron chi connectivity index (χ4n) is 2.70. The normalized spacial score (nSPS) is 19.6. The third-order valence-corrected chi connectivity index (χ3v) is 3.78. The first-order chi connectivity index (χ1) is 9.10. The van der Waals surface area contributed by atoms with Crippen molar-refractivity contribution in [3.05, 3.63) is 35.4 Å². The third-order valence-electron chi connectivity index (χ3n) is 3.78. The number of rotatable bonds is 4. The molecule has 104 valence electrons. The number of likely N-dealkylation sites (tertiary alicyclic amines) is 1. The Balaban J connectivity index is 1.98. The number of benzene rings is 1. The van der Waals surface area contributed by atoms with Crippen molar-refractivity contribution in [1.29, 1.82) is 0 Å². The fraction of sp³-hybridized carbons (Fsp3) is 0.533. The lowest BCUT2D eigenvalue weighted by Gasteiger charge is -2.21. The van der Waals surface area contributed by atoms with Crippen LogP contribution in [0.5, 0.6) is 0 Å². The Labute approximate surface area is 115 Å². The van der Waals surface area contributed by atoms with Crippen molar-refractivity contribution in [1.82, 2.24) is 9.80 Å². The van der Waals surface area contributed by atoms with Crippen molar-refractivity contribution < 1.29 is 4.79 Å². The lowest BCUT2D eigenvalue weighted by atomic mass is 10.1. The minimum Gasteiger partial charge on any atom is -0.341 e. The zero-order chi connectivity index (χ0) is 13.8. The summed E-state index contributed by atoms with van der Waals surface area (Å²) in [5.41, 5.74) is 7.34. The Morgan fingerprint density at radius 3 is 2.95 bits per heavy atom. The standard InChI is InChI=1S/C15H23N3O/c1-17-7-6-13(10-17)11-18(2)15(19)14-5-3-4-12(8-14)9-16/h3-5,8,13H,6-7,9-11,16H2,1-2H3. The van der Waals surface area contributed by atoms with E-state index >= 15 is 0 Å². The van der Waals surface area contributed by atoms with Gasteiger partial charge in [-0.2, -0.15) is 0 Å². The van der Waals surface area contributed by atoms with Gasteiger partial charge in [0.25, 0.3) is 5.91 Å². The van der Waals surface area contributed by atoms with Crippen LogP contribution in [0, 0.1) is 5.92 Å². The van der Waals surface area contributed by atoms with E-state index in [2.05, 4.69) is 11.9 Å². The Hall–Kier alpha value is -1.39. The lowest BCUT2D eigenvalue weighted by Crippen LogP contribution is -2.32. The van der Waals surface area contributed by atoms with E-state index in [1.807, 2.05) is 36.2 Å². The zero-order valence-electron chi connectivity index (χ0n) is 11.8. The molecule has 1 atom stereocenters. The Kier molecular flexibility index (Phi) is 4.56. The molecule has 1 aromatic rings. The summed E-state index contributed by atoms with van der Waals surface area (Å²) in [5.74, 6) is 0.682. The maximum atomic E-state index is 12.4. The van der Waals surface area contributed by atoms with Crippen LogP contribution >= 0.6 is 0 Å². The molecule has 0 spiro atoms. The second-order valence-electron chi connectivity index (χ2n) is 5.51. The molecule has 19 heavy (non-hydrogen) atoms. The van der Waals surface area contributed by atoms with E-state index in [-0.39, 0.29) is 5.91 Å². The number of hydrogen-bond acceptors (Lipinski definition) is 3. The molecule has 0 bridgehead atoms. The summed E-state index contributed by atoms with van der Waals surface area (Å²) in [4.78, 5) is 16.5. The zero-order valence-corrected chi connectivity index (χ0v) is 11.8. The van der Waals surface area contributed by atoms with E-state index in [0.717, 1.165) is 30.8 Å². The van der Waals surface area contributed by atoms with Crippen LogP contribution in [0.1, 0.15) is 22.3 Å². The molecule has 1 heterocycles. The highest BCUT2D eigenvalue weighted by Crippen LogP contribution is 2.16. The summed E-state index contributed by atoms with van der Waals surface area (Å²) in [6.45, 7) is 3.52. The van der Waals surface area contributed by atoms with Gasteiger partial charge in [0.05, 0.1) is 0 Å². The molecular weight excluding hydrogens is 238 g/mol. The molecule has 0 aromatic heterocycles. The number of nitrogens with zero attached hydrogens (tertiary/aromatic N) is 2. The van der Waals surface area contributed by atoms with E-state index in [9.17, 15) is 4.79 Å². The lowest BCUT2D eigenvalue weighted by molar-refractivity contribution is 0.0774. The molecule has 1 aliphatic rings. The maximum Gasteiger partial charge on any atom is 0.253 e. The van der Waals surface area contributed by atoms with E-state index < -0.39 is 0 Å². The van der Waals surface area contributed by atoms with Gasteiger partial charge in [-0.1, -0.05) is 12.1 Å². The fourth-order valence-corrected chi connectivity index (χ4v) is 2.70. The van der Waals surface area contributed by atoms with Crippen molar-refractivity contribution in [2.75, 3.05) is 33.7 Å². The van der Waals surface area contributed by atoms with Crippen LogP contribution in [0.4, 0.5) is 0 Å². The Bertz CT molecular complexity index is 447. The molecular formula is C15H23N3O. The summed E-state index contributed by atoms with van der Waals surface area (Å²) in [5, 5.41) is 0. The molecule has 1 saturated heterocycles. The van der Waals surface area contributed by atoms with Crippen LogP contribution in [0.15, 0.2) is 24.3 Å². The largest absolute Gasteiger partial charge is 0.341 e. The summed E-state index contributed by atoms with van der Waals surface area (Å²) < 4.78 is 0. The van der Waals surface area contributed by atoms with Crippen molar-refractivity contribution in [3.8, 4) is 0 Å². The average molecular weight is 261 g/mol. The number of nitrogens with two attached hydrogens (primary N) is 1. The van der Waals surface area contributed by atoms with Gasteiger partial charge in [0, 0.05) is 32.2 Å². The number of hydrogen-bond donors (Lipinski definition) is 1. The second kappa shape index (κ2) is 6.17. The molecule has 0 aliphatic carbocycles. The van der Waals surface area contributed by atoms with Gasteiger partial charge in [0.2, 0.25) is 0 Å². The minimum absolute atomic E-state index is 0.0878. The molecule has 2 N–H and O–H groups in total. The van der Waals surface area contributed by atoms with Crippen molar-refractivity contribution >= 4 is 5.91 Å². The Morgan fingerprint density at radius 1 is 1.53 bits per heavy atom. The summed E-state index contributed by atoms with van der Waals surface area (Å²) >= 11 is 0. The third kappa shape index (κ3) is 3.55. The Morgan fingerprint density at radius 2 is 2.32 bits per heavy atom. The van der Waals surface area contributed by atoms with Gasteiger partial charge in [-0.15, -0.1) is 0 Å². The second-order valence-corrected chi connectivity index (χ2v) is 5.51. The van der Waals surface area contributed by atoms with Crippen LogP contribution in [0.25, 0.3) is 0 Å². The van der Waals surface area contributed by atoms with Gasteiger partial charge >= 0.3 is 0 Å². The van der Waals surface area contributed by atoms with Crippen LogP contribution in [-0.2, 0) is 6.54 Å². The molecule has 1 aromatic carbocycles. The molecule has 2 rings (SSSR count). The summed E-state index contributed by atoms with van der Waals surface area (Å²) in [6, 6.07) is 7.59. The minimum atomic E-state index is 0.0878.